The number of hydrogen-bond acceptors (Lipinski definition) is 5. The molecule has 0 saturated heterocycles. The van der Waals surface area contributed by atoms with Gasteiger partial charge in [0.15, 0.2) is 5.76 Å². The average molecular weight is 298 g/mol. The highest BCUT2D eigenvalue weighted by Crippen LogP contribution is 2.18. The first-order valence-corrected chi connectivity index (χ1v) is 7.02. The summed E-state index contributed by atoms with van der Waals surface area (Å²) < 4.78 is 31.4. The first-order valence-electron chi connectivity index (χ1n) is 5.54. The van der Waals surface area contributed by atoms with Gasteiger partial charge in [0, 0.05) is 12.6 Å². The molecule has 0 bridgehead atoms. The van der Waals surface area contributed by atoms with Gasteiger partial charge in [-0.05, 0) is 27.3 Å². The summed E-state index contributed by atoms with van der Waals surface area (Å²) >= 11 is 0. The van der Waals surface area contributed by atoms with Crippen molar-refractivity contribution in [3.8, 4) is 0 Å². The number of hydrogen-bond donors (Lipinski definition) is 2. The van der Waals surface area contributed by atoms with E-state index in [1.165, 1.54) is 0 Å². The standard InChI is InChI=1S/C10H19N3O3S.ClH/c1-5-11-7(2)6-12-17(14,15)10-8(3)13-16-9(10)4;/h7,11-12H,5-6H2,1-4H3;1H/t7-;/m1./s1. The minimum atomic E-state index is -3.54. The molecule has 6 nitrogen and oxygen atoms in total. The van der Waals surface area contributed by atoms with E-state index < -0.39 is 10.0 Å². The lowest BCUT2D eigenvalue weighted by molar-refractivity contribution is 0.390. The van der Waals surface area contributed by atoms with Crippen molar-refractivity contribution in [1.29, 1.82) is 0 Å². The number of sulfonamides is 1. The van der Waals surface area contributed by atoms with Gasteiger partial charge in [-0.2, -0.15) is 0 Å². The van der Waals surface area contributed by atoms with Crippen molar-refractivity contribution in [1.82, 2.24) is 15.2 Å². The van der Waals surface area contributed by atoms with Crippen LogP contribution < -0.4 is 10.0 Å². The Morgan fingerprint density at radius 2 is 2.00 bits per heavy atom. The van der Waals surface area contributed by atoms with Gasteiger partial charge in [0.05, 0.1) is 0 Å². The van der Waals surface area contributed by atoms with Crippen LogP contribution in [0, 0.1) is 13.8 Å². The fourth-order valence-electron chi connectivity index (χ4n) is 1.59. The van der Waals surface area contributed by atoms with Crippen molar-refractivity contribution < 1.29 is 12.9 Å². The second kappa shape index (κ2) is 7.08. The number of aromatic nitrogens is 1. The Morgan fingerprint density at radius 3 is 2.44 bits per heavy atom. The summed E-state index contributed by atoms with van der Waals surface area (Å²) in [7, 11) is -3.54. The van der Waals surface area contributed by atoms with Crippen molar-refractivity contribution in [2.75, 3.05) is 13.1 Å². The zero-order chi connectivity index (χ0) is 13.1. The largest absolute Gasteiger partial charge is 0.360 e. The van der Waals surface area contributed by atoms with Crippen molar-refractivity contribution in [3.05, 3.63) is 11.5 Å². The van der Waals surface area contributed by atoms with E-state index >= 15 is 0 Å². The zero-order valence-electron chi connectivity index (χ0n) is 11.0. The van der Waals surface area contributed by atoms with Gasteiger partial charge in [-0.1, -0.05) is 12.1 Å². The molecule has 0 aliphatic rings. The molecule has 8 heteroatoms. The minimum absolute atomic E-state index is 0. The molecule has 0 aliphatic heterocycles. The molecule has 0 saturated carbocycles. The second-order valence-corrected chi connectivity index (χ2v) is 5.67. The maximum Gasteiger partial charge on any atom is 0.246 e. The van der Waals surface area contributed by atoms with Crippen molar-refractivity contribution in [2.24, 2.45) is 0 Å². The predicted octanol–water partition coefficient (Wildman–Crippen LogP) is 0.990. The maximum atomic E-state index is 12.0. The smallest absolute Gasteiger partial charge is 0.246 e. The Morgan fingerprint density at radius 1 is 1.39 bits per heavy atom. The SMILES string of the molecule is CCN[C@H](C)CNS(=O)(=O)c1c(C)noc1C.Cl. The van der Waals surface area contributed by atoms with Gasteiger partial charge in [0.2, 0.25) is 10.0 Å². The topological polar surface area (TPSA) is 84.2 Å². The van der Waals surface area contributed by atoms with Gasteiger partial charge < -0.3 is 9.84 Å². The summed E-state index contributed by atoms with van der Waals surface area (Å²) in [6.45, 7) is 8.22. The van der Waals surface area contributed by atoms with Crippen molar-refractivity contribution >= 4 is 22.4 Å². The molecule has 0 radical (unpaired) electrons. The first-order chi connectivity index (χ1) is 7.88. The van der Waals surface area contributed by atoms with Crippen LogP contribution in [0.4, 0.5) is 0 Å². The Hall–Kier alpha value is -0.630. The van der Waals surface area contributed by atoms with Gasteiger partial charge >= 0.3 is 0 Å². The van der Waals surface area contributed by atoms with E-state index in [9.17, 15) is 8.42 Å². The molecule has 1 rings (SSSR count). The molecular weight excluding hydrogens is 278 g/mol. The summed E-state index contributed by atoms with van der Waals surface area (Å²) in [5.41, 5.74) is 0.381. The minimum Gasteiger partial charge on any atom is -0.360 e. The Balaban J connectivity index is 0.00000289. The van der Waals surface area contributed by atoms with Crippen LogP contribution in [0.5, 0.6) is 0 Å². The third-order valence-electron chi connectivity index (χ3n) is 2.37. The van der Waals surface area contributed by atoms with E-state index in [2.05, 4.69) is 15.2 Å². The maximum absolute atomic E-state index is 12.0. The van der Waals surface area contributed by atoms with Crippen LogP contribution in [0.3, 0.4) is 0 Å². The Kier molecular flexibility index (Phi) is 6.83. The molecule has 0 unspecified atom stereocenters. The van der Waals surface area contributed by atoms with Crippen LogP contribution >= 0.6 is 12.4 Å². The van der Waals surface area contributed by atoms with E-state index in [0.717, 1.165) is 6.54 Å². The molecule has 1 aromatic heterocycles. The summed E-state index contributed by atoms with van der Waals surface area (Å²) in [5.74, 6) is 0.311. The van der Waals surface area contributed by atoms with Gasteiger partial charge in [-0.3, -0.25) is 0 Å². The lowest BCUT2D eigenvalue weighted by Crippen LogP contribution is -2.39. The molecule has 106 valence electrons. The molecular formula is C10H20ClN3O3S. The number of nitrogens with zero attached hydrogens (tertiary/aromatic N) is 1. The number of likely N-dealkylation sites (N-methyl/N-ethyl adjacent to an activating group) is 1. The number of nitrogens with one attached hydrogen (secondary N) is 2. The van der Waals surface area contributed by atoms with Crippen LogP contribution in [0.1, 0.15) is 25.3 Å². The van der Waals surface area contributed by atoms with Crippen molar-refractivity contribution in [2.45, 2.75) is 38.6 Å². The third-order valence-corrected chi connectivity index (χ3v) is 4.04. The van der Waals surface area contributed by atoms with Crippen LogP contribution in [0.25, 0.3) is 0 Å². The van der Waals surface area contributed by atoms with E-state index in [-0.39, 0.29) is 23.3 Å². The van der Waals surface area contributed by atoms with E-state index in [0.29, 0.717) is 18.0 Å². The normalized spacial score (nSPS) is 13.1. The monoisotopic (exact) mass is 297 g/mol. The summed E-state index contributed by atoms with van der Waals surface area (Å²) in [5, 5.41) is 6.76. The molecule has 0 amide bonds. The molecule has 0 aromatic carbocycles. The first kappa shape index (κ1) is 17.4. The molecule has 1 atom stereocenters. The van der Waals surface area contributed by atoms with Crippen LogP contribution in [-0.2, 0) is 10.0 Å². The van der Waals surface area contributed by atoms with E-state index in [1.807, 2.05) is 13.8 Å². The molecule has 1 heterocycles. The number of rotatable bonds is 6. The number of aryl methyl sites for hydroxylation is 2. The zero-order valence-corrected chi connectivity index (χ0v) is 12.6. The van der Waals surface area contributed by atoms with Gasteiger partial charge in [0.1, 0.15) is 10.6 Å². The fraction of sp³-hybridized carbons (Fsp3) is 0.700. The molecule has 0 fully saturated rings. The lowest BCUT2D eigenvalue weighted by Gasteiger charge is -2.13. The second-order valence-electron chi connectivity index (χ2n) is 3.96. The quantitative estimate of drug-likeness (QED) is 0.818. The molecule has 18 heavy (non-hydrogen) atoms. The average Bonchev–Trinajstić information content (AvgIpc) is 2.57. The van der Waals surface area contributed by atoms with Crippen LogP contribution in [0.2, 0.25) is 0 Å². The van der Waals surface area contributed by atoms with Gasteiger partial charge in [-0.25, -0.2) is 13.1 Å². The Bertz CT molecular complexity index is 453. The highest BCUT2D eigenvalue weighted by molar-refractivity contribution is 7.89. The summed E-state index contributed by atoms with van der Waals surface area (Å²) in [6, 6.07) is 0.0789. The van der Waals surface area contributed by atoms with Gasteiger partial charge in [0.25, 0.3) is 0 Å². The molecule has 0 spiro atoms. The fourth-order valence-corrected chi connectivity index (χ4v) is 3.04. The summed E-state index contributed by atoms with van der Waals surface area (Å²) in [4.78, 5) is 0.140. The Labute approximate surface area is 114 Å². The van der Waals surface area contributed by atoms with Crippen LogP contribution in [0.15, 0.2) is 9.42 Å². The molecule has 0 aliphatic carbocycles. The van der Waals surface area contributed by atoms with Gasteiger partial charge in [-0.15, -0.1) is 12.4 Å². The predicted molar refractivity (Wildman–Crippen MR) is 71.6 cm³/mol. The third kappa shape index (κ3) is 4.24. The lowest BCUT2D eigenvalue weighted by atomic mass is 10.3. The molecule has 1 aromatic rings. The molecule has 2 N–H and O–H groups in total. The van der Waals surface area contributed by atoms with Crippen molar-refractivity contribution in [3.63, 3.8) is 0 Å². The highest BCUT2D eigenvalue weighted by atomic mass is 35.5. The summed E-state index contributed by atoms with van der Waals surface area (Å²) in [6.07, 6.45) is 0. The van der Waals surface area contributed by atoms with E-state index in [4.69, 9.17) is 4.52 Å². The highest BCUT2D eigenvalue weighted by Gasteiger charge is 2.24. The number of halogens is 1. The van der Waals surface area contributed by atoms with E-state index in [1.54, 1.807) is 13.8 Å². The van der Waals surface area contributed by atoms with Crippen LogP contribution in [-0.4, -0.2) is 32.7 Å².